The number of halogens is 3. The van der Waals surface area contributed by atoms with Crippen molar-refractivity contribution in [1.29, 1.82) is 0 Å². The average molecular weight is 457 g/mol. The summed E-state index contributed by atoms with van der Waals surface area (Å²) in [6.45, 7) is 4.91. The minimum Gasteiger partial charge on any atom is -0.444 e. The molecule has 0 aliphatic carbocycles. The largest absolute Gasteiger partial charge is 0.444 e. The Kier molecular flexibility index (Phi) is 7.00. The fraction of sp³-hybridized carbons (Fsp3) is 0.333. The number of carbonyl (C=O) groups excluding carboxylic acids is 2. The lowest BCUT2D eigenvalue weighted by molar-refractivity contribution is 0.0522. The quantitative estimate of drug-likeness (QED) is 0.718. The zero-order chi connectivity index (χ0) is 20.9. The summed E-state index contributed by atoms with van der Waals surface area (Å²) in [5.74, 6) is -1.86. The van der Waals surface area contributed by atoms with Crippen molar-refractivity contribution in [2.24, 2.45) is 0 Å². The van der Waals surface area contributed by atoms with Crippen molar-refractivity contribution >= 4 is 27.9 Å². The van der Waals surface area contributed by atoms with Crippen molar-refractivity contribution in [3.05, 3.63) is 57.6 Å². The molecule has 0 radical (unpaired) electrons. The van der Waals surface area contributed by atoms with E-state index in [1.54, 1.807) is 20.8 Å². The molecule has 1 heterocycles. The van der Waals surface area contributed by atoms with Gasteiger partial charge in [0.2, 0.25) is 0 Å². The highest BCUT2D eigenvalue weighted by atomic mass is 79.9. The maximum atomic E-state index is 13.8. The van der Waals surface area contributed by atoms with Crippen LogP contribution in [0.4, 0.5) is 13.6 Å². The highest BCUT2D eigenvalue weighted by Crippen LogP contribution is 2.19. The van der Waals surface area contributed by atoms with Gasteiger partial charge in [-0.3, -0.25) is 4.79 Å². The van der Waals surface area contributed by atoms with Crippen LogP contribution < -0.4 is 10.6 Å². The van der Waals surface area contributed by atoms with Gasteiger partial charge in [-0.25, -0.2) is 23.5 Å². The molecular formula is C18H19BrF2N4O3. The number of alkyl carbamates (subject to hydrolysis) is 1. The Morgan fingerprint density at radius 1 is 1.07 bits per heavy atom. The van der Waals surface area contributed by atoms with Crippen molar-refractivity contribution in [1.82, 2.24) is 20.6 Å². The topological polar surface area (TPSA) is 93.2 Å². The van der Waals surface area contributed by atoms with E-state index in [4.69, 9.17) is 4.74 Å². The first kappa shape index (κ1) is 21.7. The van der Waals surface area contributed by atoms with Gasteiger partial charge in [-0.05, 0) is 32.9 Å². The van der Waals surface area contributed by atoms with E-state index in [0.29, 0.717) is 0 Å². The fourth-order valence-electron chi connectivity index (χ4n) is 2.04. The Morgan fingerprint density at radius 3 is 2.18 bits per heavy atom. The van der Waals surface area contributed by atoms with Crippen LogP contribution in [0.3, 0.4) is 0 Å². The number of nitrogens with zero attached hydrogens (tertiary/aromatic N) is 2. The summed E-state index contributed by atoms with van der Waals surface area (Å²) in [6, 6.07) is 2.22. The molecule has 2 amide bonds. The second-order valence-corrected chi connectivity index (χ2v) is 7.69. The third kappa shape index (κ3) is 6.52. The molecule has 0 bridgehead atoms. The lowest BCUT2D eigenvalue weighted by Gasteiger charge is -2.19. The Labute approximate surface area is 169 Å². The molecule has 0 aliphatic rings. The van der Waals surface area contributed by atoms with E-state index in [1.807, 2.05) is 0 Å². The Hall–Kier alpha value is -2.62. The molecule has 0 saturated heterocycles. The van der Waals surface area contributed by atoms with Crippen LogP contribution in [0.25, 0.3) is 0 Å². The van der Waals surface area contributed by atoms with Gasteiger partial charge in [0.15, 0.2) is 0 Å². The molecule has 1 aromatic carbocycles. The first-order chi connectivity index (χ1) is 13.0. The summed E-state index contributed by atoms with van der Waals surface area (Å²) in [5, 5.41) is 4.90. The van der Waals surface area contributed by atoms with Gasteiger partial charge in [0.25, 0.3) is 5.91 Å². The number of hydrogen-bond acceptors (Lipinski definition) is 5. The van der Waals surface area contributed by atoms with E-state index in [9.17, 15) is 18.4 Å². The van der Waals surface area contributed by atoms with E-state index in [2.05, 4.69) is 36.5 Å². The number of benzene rings is 1. The summed E-state index contributed by atoms with van der Waals surface area (Å²) in [6.07, 6.45) is 1.89. The van der Waals surface area contributed by atoms with E-state index < -0.39 is 29.2 Å². The van der Waals surface area contributed by atoms with Gasteiger partial charge in [-0.1, -0.05) is 15.9 Å². The number of aromatic nitrogens is 2. The van der Waals surface area contributed by atoms with Crippen molar-refractivity contribution < 1.29 is 23.1 Å². The number of nitrogens with one attached hydrogen (secondary N) is 2. The van der Waals surface area contributed by atoms with E-state index in [0.717, 1.165) is 12.1 Å². The van der Waals surface area contributed by atoms with Crippen molar-refractivity contribution in [2.45, 2.75) is 39.5 Å². The van der Waals surface area contributed by atoms with Gasteiger partial charge < -0.3 is 15.4 Å². The lowest BCUT2D eigenvalue weighted by Crippen LogP contribution is -2.32. The Bertz CT molecular complexity index is 847. The van der Waals surface area contributed by atoms with E-state index >= 15 is 0 Å². The third-order valence-electron chi connectivity index (χ3n) is 3.29. The van der Waals surface area contributed by atoms with Gasteiger partial charge in [-0.15, -0.1) is 0 Å². The smallest absolute Gasteiger partial charge is 0.408 e. The maximum Gasteiger partial charge on any atom is 0.408 e. The van der Waals surface area contributed by atoms with E-state index in [-0.39, 0.29) is 34.5 Å². The van der Waals surface area contributed by atoms with Crippen LogP contribution in [0.2, 0.25) is 0 Å². The molecule has 0 fully saturated rings. The van der Waals surface area contributed by atoms with Crippen molar-refractivity contribution in [2.75, 3.05) is 0 Å². The molecule has 150 valence electrons. The molecule has 0 atom stereocenters. The number of hydrogen-bond donors (Lipinski definition) is 2. The molecule has 0 spiro atoms. The summed E-state index contributed by atoms with van der Waals surface area (Å²) in [4.78, 5) is 31.6. The average Bonchev–Trinajstić information content (AvgIpc) is 2.58. The maximum absolute atomic E-state index is 13.8. The number of rotatable bonds is 5. The van der Waals surface area contributed by atoms with Crippen LogP contribution in [0, 0.1) is 11.6 Å². The standard InChI is InChI=1S/C18H19BrF2N4O3/c1-18(2,3)28-17(27)25-9-15-22-6-10(7-23-15)16(26)24-8-12-13(20)4-11(19)5-14(12)21/h4-7H,8-9H2,1-3H3,(H,24,26)(H,25,27). The lowest BCUT2D eigenvalue weighted by atomic mass is 10.2. The number of carbonyl (C=O) groups is 2. The summed E-state index contributed by atoms with van der Waals surface area (Å²) < 4.78 is 32.9. The summed E-state index contributed by atoms with van der Waals surface area (Å²) >= 11 is 2.99. The molecule has 2 aromatic rings. The van der Waals surface area contributed by atoms with Gasteiger partial charge in [-0.2, -0.15) is 0 Å². The first-order valence-corrected chi connectivity index (χ1v) is 9.04. The predicted molar refractivity (Wildman–Crippen MR) is 100 cm³/mol. The fourth-order valence-corrected chi connectivity index (χ4v) is 2.44. The van der Waals surface area contributed by atoms with E-state index in [1.165, 1.54) is 12.4 Å². The van der Waals surface area contributed by atoms with Gasteiger partial charge in [0.1, 0.15) is 23.1 Å². The Morgan fingerprint density at radius 2 is 1.64 bits per heavy atom. The molecule has 0 unspecified atom stereocenters. The molecule has 1 aromatic heterocycles. The number of ether oxygens (including phenoxy) is 1. The minimum atomic E-state index is -0.771. The highest BCUT2D eigenvalue weighted by Gasteiger charge is 2.16. The Balaban J connectivity index is 1.91. The van der Waals surface area contributed by atoms with Crippen molar-refractivity contribution in [3.63, 3.8) is 0 Å². The van der Waals surface area contributed by atoms with Gasteiger partial charge >= 0.3 is 6.09 Å². The number of amides is 2. The predicted octanol–water partition coefficient (Wildman–Crippen LogP) is 3.47. The molecule has 2 N–H and O–H groups in total. The van der Waals surface area contributed by atoms with Crippen LogP contribution in [0.15, 0.2) is 29.0 Å². The van der Waals surface area contributed by atoms with Crippen LogP contribution in [0.5, 0.6) is 0 Å². The third-order valence-corrected chi connectivity index (χ3v) is 3.75. The van der Waals surface area contributed by atoms with Crippen LogP contribution in [0.1, 0.15) is 42.5 Å². The molecule has 0 saturated carbocycles. The van der Waals surface area contributed by atoms with Gasteiger partial charge in [0, 0.05) is 29.0 Å². The van der Waals surface area contributed by atoms with Gasteiger partial charge in [0.05, 0.1) is 12.1 Å². The molecule has 7 nitrogen and oxygen atoms in total. The first-order valence-electron chi connectivity index (χ1n) is 8.24. The molecule has 2 rings (SSSR count). The SMILES string of the molecule is CC(C)(C)OC(=O)NCc1ncc(C(=O)NCc2c(F)cc(Br)cc2F)cn1. The van der Waals surface area contributed by atoms with Crippen LogP contribution in [-0.4, -0.2) is 27.6 Å². The van der Waals surface area contributed by atoms with Crippen molar-refractivity contribution in [3.8, 4) is 0 Å². The van der Waals surface area contributed by atoms with Crippen LogP contribution >= 0.6 is 15.9 Å². The summed E-state index contributed by atoms with van der Waals surface area (Å²) in [7, 11) is 0. The van der Waals surface area contributed by atoms with Crippen LogP contribution in [-0.2, 0) is 17.8 Å². The second kappa shape index (κ2) is 9.05. The zero-order valence-corrected chi connectivity index (χ0v) is 17.1. The zero-order valence-electron chi connectivity index (χ0n) is 15.5. The molecule has 28 heavy (non-hydrogen) atoms. The molecule has 0 aliphatic heterocycles. The minimum absolute atomic E-state index is 0.0200. The molecular weight excluding hydrogens is 438 g/mol. The molecule has 10 heteroatoms. The highest BCUT2D eigenvalue weighted by molar-refractivity contribution is 9.10. The second-order valence-electron chi connectivity index (χ2n) is 6.77. The normalized spacial score (nSPS) is 11.1. The monoisotopic (exact) mass is 456 g/mol. The summed E-state index contributed by atoms with van der Waals surface area (Å²) in [5.41, 5.74) is -0.768.